The van der Waals surface area contributed by atoms with Crippen LogP contribution in [0.25, 0.3) is 0 Å². The van der Waals surface area contributed by atoms with E-state index in [0.29, 0.717) is 6.54 Å². The van der Waals surface area contributed by atoms with Gasteiger partial charge in [0.2, 0.25) is 0 Å². The van der Waals surface area contributed by atoms with E-state index >= 15 is 0 Å². The lowest BCUT2D eigenvalue weighted by Crippen LogP contribution is -2.18. The van der Waals surface area contributed by atoms with E-state index in [-0.39, 0.29) is 11.1 Å². The third-order valence-electron chi connectivity index (χ3n) is 2.99. The van der Waals surface area contributed by atoms with E-state index in [9.17, 15) is 4.79 Å². The summed E-state index contributed by atoms with van der Waals surface area (Å²) < 4.78 is 2.77. The number of carbonyl (C=O) groups is 1. The second-order valence-electron chi connectivity index (χ2n) is 5.76. The molecule has 1 aromatic heterocycles. The standard InChI is InChI=1S/C15H17BrN2O2/c1-15(2,3)13-8-12(14(19)20)17-18(13)9-10-5-4-6-11(16)7-10/h4-8H,9H2,1-3H3,(H,19,20). The van der Waals surface area contributed by atoms with Crippen molar-refractivity contribution in [1.82, 2.24) is 9.78 Å². The van der Waals surface area contributed by atoms with Gasteiger partial charge >= 0.3 is 5.97 Å². The molecule has 0 spiro atoms. The second-order valence-corrected chi connectivity index (χ2v) is 6.67. The van der Waals surface area contributed by atoms with Crippen LogP contribution in [-0.4, -0.2) is 20.9 Å². The fraction of sp³-hybridized carbons (Fsp3) is 0.333. The number of carboxylic acids is 1. The van der Waals surface area contributed by atoms with Crippen LogP contribution >= 0.6 is 15.9 Å². The van der Waals surface area contributed by atoms with Crippen LogP contribution in [0.15, 0.2) is 34.8 Å². The van der Waals surface area contributed by atoms with Crippen molar-refractivity contribution in [2.75, 3.05) is 0 Å². The molecule has 0 saturated carbocycles. The van der Waals surface area contributed by atoms with Gasteiger partial charge in [-0.05, 0) is 23.8 Å². The summed E-state index contributed by atoms with van der Waals surface area (Å²) >= 11 is 3.44. The summed E-state index contributed by atoms with van der Waals surface area (Å²) in [6.45, 7) is 6.70. The monoisotopic (exact) mass is 336 g/mol. The van der Waals surface area contributed by atoms with Gasteiger partial charge < -0.3 is 5.11 Å². The van der Waals surface area contributed by atoms with Crippen molar-refractivity contribution < 1.29 is 9.90 Å². The Labute approximate surface area is 126 Å². The number of hydrogen-bond donors (Lipinski definition) is 1. The number of nitrogens with zero attached hydrogens (tertiary/aromatic N) is 2. The third-order valence-corrected chi connectivity index (χ3v) is 3.48. The number of rotatable bonds is 3. The molecule has 0 aliphatic rings. The Morgan fingerprint density at radius 2 is 2.05 bits per heavy atom. The van der Waals surface area contributed by atoms with Crippen molar-refractivity contribution in [2.24, 2.45) is 0 Å². The maximum Gasteiger partial charge on any atom is 0.356 e. The number of halogens is 1. The summed E-state index contributed by atoms with van der Waals surface area (Å²) in [4.78, 5) is 11.1. The van der Waals surface area contributed by atoms with Gasteiger partial charge in [-0.15, -0.1) is 0 Å². The molecule has 2 aromatic rings. The molecule has 0 amide bonds. The molecule has 106 valence electrons. The van der Waals surface area contributed by atoms with Crippen molar-refractivity contribution in [1.29, 1.82) is 0 Å². The molecule has 20 heavy (non-hydrogen) atoms. The average molecular weight is 337 g/mol. The van der Waals surface area contributed by atoms with Gasteiger partial charge in [0.05, 0.1) is 6.54 Å². The molecule has 0 radical (unpaired) electrons. The first-order valence-electron chi connectivity index (χ1n) is 6.33. The quantitative estimate of drug-likeness (QED) is 0.929. The van der Waals surface area contributed by atoms with E-state index in [1.54, 1.807) is 10.7 Å². The van der Waals surface area contributed by atoms with Crippen molar-refractivity contribution in [3.8, 4) is 0 Å². The minimum Gasteiger partial charge on any atom is -0.476 e. The summed E-state index contributed by atoms with van der Waals surface area (Å²) in [5.74, 6) is -0.997. The lowest BCUT2D eigenvalue weighted by molar-refractivity contribution is 0.0689. The molecule has 0 fully saturated rings. The van der Waals surface area contributed by atoms with Gasteiger partial charge in [0, 0.05) is 15.6 Å². The molecule has 0 atom stereocenters. The molecule has 1 aromatic carbocycles. The summed E-state index contributed by atoms with van der Waals surface area (Å²) in [7, 11) is 0. The lowest BCUT2D eigenvalue weighted by atomic mass is 9.91. The average Bonchev–Trinajstić information content (AvgIpc) is 2.73. The van der Waals surface area contributed by atoms with Crippen LogP contribution in [0.2, 0.25) is 0 Å². The zero-order valence-corrected chi connectivity index (χ0v) is 13.3. The predicted octanol–water partition coefficient (Wildman–Crippen LogP) is 3.69. The minimum absolute atomic E-state index is 0.0879. The van der Waals surface area contributed by atoms with E-state index in [1.807, 2.05) is 45.0 Å². The van der Waals surface area contributed by atoms with Gasteiger partial charge in [0.15, 0.2) is 5.69 Å². The molecular weight excluding hydrogens is 320 g/mol. The SMILES string of the molecule is CC(C)(C)c1cc(C(=O)O)nn1Cc1cccc(Br)c1. The lowest BCUT2D eigenvalue weighted by Gasteiger charge is -2.20. The zero-order chi connectivity index (χ0) is 14.9. The first-order chi connectivity index (χ1) is 9.27. The van der Waals surface area contributed by atoms with E-state index in [0.717, 1.165) is 15.7 Å². The summed E-state index contributed by atoms with van der Waals surface area (Å²) in [5.41, 5.74) is 1.91. The molecule has 0 saturated heterocycles. The number of aromatic carboxylic acids is 1. The molecule has 2 rings (SSSR count). The summed E-state index contributed by atoms with van der Waals surface area (Å²) in [5, 5.41) is 13.3. The first kappa shape index (κ1) is 14.8. The number of aromatic nitrogens is 2. The zero-order valence-electron chi connectivity index (χ0n) is 11.7. The molecule has 0 bridgehead atoms. The Kier molecular flexibility index (Phi) is 3.99. The Morgan fingerprint density at radius 3 is 2.60 bits per heavy atom. The Bertz CT molecular complexity index is 642. The van der Waals surface area contributed by atoms with Crippen LogP contribution in [0.4, 0.5) is 0 Å². The third kappa shape index (κ3) is 3.28. The molecule has 0 aliphatic heterocycles. The maximum absolute atomic E-state index is 11.1. The molecule has 1 N–H and O–H groups in total. The van der Waals surface area contributed by atoms with Gasteiger partial charge in [-0.2, -0.15) is 5.10 Å². The summed E-state index contributed by atoms with van der Waals surface area (Å²) in [6, 6.07) is 9.58. The normalized spacial score (nSPS) is 11.6. The van der Waals surface area contributed by atoms with E-state index < -0.39 is 5.97 Å². The Hall–Kier alpha value is -1.62. The van der Waals surface area contributed by atoms with Crippen molar-refractivity contribution in [3.63, 3.8) is 0 Å². The van der Waals surface area contributed by atoms with Crippen LogP contribution < -0.4 is 0 Å². The highest BCUT2D eigenvalue weighted by atomic mass is 79.9. The Morgan fingerprint density at radius 1 is 1.35 bits per heavy atom. The number of hydrogen-bond acceptors (Lipinski definition) is 2. The second kappa shape index (κ2) is 5.40. The molecule has 4 nitrogen and oxygen atoms in total. The van der Waals surface area contributed by atoms with Crippen molar-refractivity contribution >= 4 is 21.9 Å². The topological polar surface area (TPSA) is 55.1 Å². The van der Waals surface area contributed by atoms with Gasteiger partial charge in [-0.25, -0.2) is 4.79 Å². The Balaban J connectivity index is 2.42. The minimum atomic E-state index is -0.997. The van der Waals surface area contributed by atoms with Gasteiger partial charge in [-0.3, -0.25) is 4.68 Å². The first-order valence-corrected chi connectivity index (χ1v) is 7.13. The highest BCUT2D eigenvalue weighted by Crippen LogP contribution is 2.24. The van der Waals surface area contributed by atoms with Crippen LogP contribution in [-0.2, 0) is 12.0 Å². The fourth-order valence-corrected chi connectivity index (χ4v) is 2.50. The van der Waals surface area contributed by atoms with Gasteiger partial charge in [0.25, 0.3) is 0 Å². The number of benzene rings is 1. The predicted molar refractivity (Wildman–Crippen MR) is 81.1 cm³/mol. The van der Waals surface area contributed by atoms with Crippen LogP contribution in [0, 0.1) is 0 Å². The van der Waals surface area contributed by atoms with Crippen LogP contribution in [0.5, 0.6) is 0 Å². The van der Waals surface area contributed by atoms with E-state index in [4.69, 9.17) is 5.11 Å². The van der Waals surface area contributed by atoms with Gasteiger partial charge in [0.1, 0.15) is 0 Å². The smallest absolute Gasteiger partial charge is 0.356 e. The van der Waals surface area contributed by atoms with Crippen LogP contribution in [0.1, 0.15) is 42.5 Å². The van der Waals surface area contributed by atoms with Gasteiger partial charge in [-0.1, -0.05) is 48.8 Å². The molecular formula is C15H17BrN2O2. The maximum atomic E-state index is 11.1. The highest BCUT2D eigenvalue weighted by molar-refractivity contribution is 9.10. The van der Waals surface area contributed by atoms with Crippen molar-refractivity contribution in [3.05, 3.63) is 51.8 Å². The van der Waals surface area contributed by atoms with E-state index in [1.165, 1.54) is 0 Å². The largest absolute Gasteiger partial charge is 0.476 e. The van der Waals surface area contributed by atoms with Crippen molar-refractivity contribution in [2.45, 2.75) is 32.7 Å². The molecule has 1 heterocycles. The molecule has 5 heteroatoms. The molecule has 0 aliphatic carbocycles. The van der Waals surface area contributed by atoms with Crippen LogP contribution in [0.3, 0.4) is 0 Å². The molecule has 0 unspecified atom stereocenters. The summed E-state index contributed by atoms with van der Waals surface area (Å²) in [6.07, 6.45) is 0. The van der Waals surface area contributed by atoms with E-state index in [2.05, 4.69) is 21.0 Å². The highest BCUT2D eigenvalue weighted by Gasteiger charge is 2.23. The fourth-order valence-electron chi connectivity index (χ4n) is 2.05. The number of carboxylic acid groups (broad SMARTS) is 1.